The van der Waals surface area contributed by atoms with Crippen molar-refractivity contribution in [3.63, 3.8) is 0 Å². The molecule has 1 nitrogen and oxygen atoms in total. The van der Waals surface area contributed by atoms with Gasteiger partial charge >= 0.3 is 0 Å². The molecule has 0 radical (unpaired) electrons. The fraction of sp³-hybridized carbons (Fsp3) is 0.364. The summed E-state index contributed by atoms with van der Waals surface area (Å²) in [5.74, 6) is 0.932. The van der Waals surface area contributed by atoms with E-state index in [0.717, 1.165) is 12.2 Å². The van der Waals surface area contributed by atoms with Crippen molar-refractivity contribution in [3.05, 3.63) is 77.9 Å². The van der Waals surface area contributed by atoms with E-state index >= 15 is 0 Å². The molecule has 2 aromatic carbocycles. The van der Waals surface area contributed by atoms with Gasteiger partial charge in [-0.25, -0.2) is 0 Å². The summed E-state index contributed by atoms with van der Waals surface area (Å²) in [6, 6.07) is 18.7. The highest BCUT2D eigenvalue weighted by Crippen LogP contribution is 2.28. The molecule has 0 spiro atoms. The molecule has 0 N–H and O–H groups in total. The number of unbranched alkanes of at least 4 members (excludes halogenated alkanes) is 2. The van der Waals surface area contributed by atoms with Gasteiger partial charge in [0.05, 0.1) is 0 Å². The maximum atomic E-state index is 5.95. The highest BCUT2D eigenvalue weighted by atomic mass is 16.5. The topological polar surface area (TPSA) is 9.23 Å². The molecule has 122 valence electrons. The van der Waals surface area contributed by atoms with Gasteiger partial charge in [-0.2, -0.15) is 0 Å². The molecule has 0 unspecified atom stereocenters. The van der Waals surface area contributed by atoms with Gasteiger partial charge in [0.1, 0.15) is 12.4 Å². The molecule has 1 heteroatoms. The molecule has 0 saturated carbocycles. The summed E-state index contributed by atoms with van der Waals surface area (Å²) in [5.41, 5.74) is 2.51. The van der Waals surface area contributed by atoms with Gasteiger partial charge in [0.2, 0.25) is 0 Å². The van der Waals surface area contributed by atoms with E-state index < -0.39 is 0 Å². The molecule has 0 amide bonds. The Hall–Kier alpha value is -2.02. The molecule has 0 aliphatic heterocycles. The Balaban J connectivity index is 2.02. The minimum atomic E-state index is 0.0276. The highest BCUT2D eigenvalue weighted by Gasteiger charge is 2.17. The van der Waals surface area contributed by atoms with Gasteiger partial charge in [-0.3, -0.25) is 0 Å². The standard InChI is InChI=1S/C22H28O/c1-4-5-6-10-16-22(2,3)20-14-11-15-21(17-20)23-18-19-12-8-7-9-13-19/h7-17H,4-6,18H2,1-3H3. The molecule has 2 rings (SSSR count). The normalized spacial score (nSPS) is 11.8. The van der Waals surface area contributed by atoms with E-state index in [1.165, 1.54) is 24.0 Å². The Morgan fingerprint density at radius 1 is 1.00 bits per heavy atom. The zero-order valence-electron chi connectivity index (χ0n) is 14.6. The second kappa shape index (κ2) is 8.57. The zero-order valence-corrected chi connectivity index (χ0v) is 14.6. The van der Waals surface area contributed by atoms with Gasteiger partial charge in [0.25, 0.3) is 0 Å². The highest BCUT2D eigenvalue weighted by molar-refractivity contribution is 5.36. The smallest absolute Gasteiger partial charge is 0.120 e. The van der Waals surface area contributed by atoms with Crippen LogP contribution >= 0.6 is 0 Å². The first kappa shape index (κ1) is 17.3. The third-order valence-corrected chi connectivity index (χ3v) is 4.09. The Bertz CT molecular complexity index is 611. The van der Waals surface area contributed by atoms with Crippen LogP contribution in [0.4, 0.5) is 0 Å². The van der Waals surface area contributed by atoms with Gasteiger partial charge < -0.3 is 4.74 Å². The summed E-state index contributed by atoms with van der Waals surface area (Å²) in [4.78, 5) is 0. The average Bonchev–Trinajstić information content (AvgIpc) is 2.58. The minimum absolute atomic E-state index is 0.0276. The Kier molecular flexibility index (Phi) is 6.46. The van der Waals surface area contributed by atoms with Crippen LogP contribution in [0.15, 0.2) is 66.7 Å². The number of rotatable bonds is 8. The number of allylic oxidation sites excluding steroid dienone is 2. The largest absolute Gasteiger partial charge is 0.489 e. The Morgan fingerprint density at radius 2 is 1.78 bits per heavy atom. The predicted octanol–water partition coefficient (Wildman–Crippen LogP) is 6.29. The maximum Gasteiger partial charge on any atom is 0.120 e. The minimum Gasteiger partial charge on any atom is -0.489 e. The van der Waals surface area contributed by atoms with Crippen LogP contribution in [0.25, 0.3) is 0 Å². The van der Waals surface area contributed by atoms with Crippen molar-refractivity contribution in [1.29, 1.82) is 0 Å². The van der Waals surface area contributed by atoms with Crippen molar-refractivity contribution >= 4 is 0 Å². The number of hydrogen-bond acceptors (Lipinski definition) is 1. The molecule has 0 fully saturated rings. The van der Waals surface area contributed by atoms with E-state index in [1.54, 1.807) is 0 Å². The first-order chi connectivity index (χ1) is 11.1. The quantitative estimate of drug-likeness (QED) is 0.411. The van der Waals surface area contributed by atoms with Crippen molar-refractivity contribution in [2.45, 2.75) is 52.1 Å². The summed E-state index contributed by atoms with van der Waals surface area (Å²) in [7, 11) is 0. The molecule has 2 aromatic rings. The maximum absolute atomic E-state index is 5.95. The van der Waals surface area contributed by atoms with E-state index in [4.69, 9.17) is 4.74 Å². The van der Waals surface area contributed by atoms with Crippen molar-refractivity contribution < 1.29 is 4.74 Å². The Labute approximate surface area is 141 Å². The van der Waals surface area contributed by atoms with Gasteiger partial charge in [-0.05, 0) is 29.7 Å². The lowest BCUT2D eigenvalue weighted by molar-refractivity contribution is 0.305. The summed E-state index contributed by atoms with van der Waals surface area (Å²) < 4.78 is 5.95. The Morgan fingerprint density at radius 3 is 2.52 bits per heavy atom. The van der Waals surface area contributed by atoms with Crippen LogP contribution in [0.5, 0.6) is 5.75 Å². The van der Waals surface area contributed by atoms with Crippen LogP contribution in [0.1, 0.15) is 51.2 Å². The van der Waals surface area contributed by atoms with Crippen molar-refractivity contribution in [1.82, 2.24) is 0 Å². The van der Waals surface area contributed by atoms with Crippen molar-refractivity contribution in [2.75, 3.05) is 0 Å². The second-order valence-corrected chi connectivity index (χ2v) is 6.57. The van der Waals surface area contributed by atoms with E-state index in [0.29, 0.717) is 6.61 Å². The fourth-order valence-corrected chi connectivity index (χ4v) is 2.52. The molecule has 0 aromatic heterocycles. The van der Waals surface area contributed by atoms with Gasteiger partial charge in [-0.15, -0.1) is 0 Å². The lowest BCUT2D eigenvalue weighted by Gasteiger charge is -2.22. The summed E-state index contributed by atoms with van der Waals surface area (Å²) in [6.07, 6.45) is 8.28. The predicted molar refractivity (Wildman–Crippen MR) is 98.9 cm³/mol. The summed E-state index contributed by atoms with van der Waals surface area (Å²) >= 11 is 0. The molecule has 0 heterocycles. The van der Waals surface area contributed by atoms with Gasteiger partial charge in [0.15, 0.2) is 0 Å². The molecule has 0 bridgehead atoms. The van der Waals surface area contributed by atoms with E-state index in [-0.39, 0.29) is 5.41 Å². The van der Waals surface area contributed by atoms with Gasteiger partial charge in [-0.1, -0.05) is 88.2 Å². The number of ether oxygens (including phenoxy) is 1. The number of hydrogen-bond donors (Lipinski definition) is 0. The molecular formula is C22H28O. The van der Waals surface area contributed by atoms with E-state index in [9.17, 15) is 0 Å². The first-order valence-electron chi connectivity index (χ1n) is 8.57. The SMILES string of the molecule is CCCCC=CC(C)(C)c1cccc(OCc2ccccc2)c1. The van der Waals surface area contributed by atoms with Crippen LogP contribution in [-0.4, -0.2) is 0 Å². The molecular weight excluding hydrogens is 280 g/mol. The summed E-state index contributed by atoms with van der Waals surface area (Å²) in [6.45, 7) is 7.35. The first-order valence-corrected chi connectivity index (χ1v) is 8.57. The van der Waals surface area contributed by atoms with Crippen LogP contribution in [-0.2, 0) is 12.0 Å². The van der Waals surface area contributed by atoms with Crippen LogP contribution in [0.2, 0.25) is 0 Å². The van der Waals surface area contributed by atoms with E-state index in [2.05, 4.69) is 63.3 Å². The van der Waals surface area contributed by atoms with Crippen molar-refractivity contribution in [2.24, 2.45) is 0 Å². The zero-order chi connectivity index (χ0) is 16.5. The van der Waals surface area contributed by atoms with Crippen LogP contribution in [0, 0.1) is 0 Å². The molecule has 23 heavy (non-hydrogen) atoms. The summed E-state index contributed by atoms with van der Waals surface area (Å²) in [5, 5.41) is 0. The van der Waals surface area contributed by atoms with Crippen LogP contribution < -0.4 is 4.74 Å². The molecule has 0 aliphatic carbocycles. The lowest BCUT2D eigenvalue weighted by Crippen LogP contribution is -2.13. The van der Waals surface area contributed by atoms with E-state index in [1.807, 2.05) is 24.3 Å². The second-order valence-electron chi connectivity index (χ2n) is 6.57. The third kappa shape index (κ3) is 5.59. The lowest BCUT2D eigenvalue weighted by atomic mass is 9.84. The van der Waals surface area contributed by atoms with Crippen LogP contribution in [0.3, 0.4) is 0 Å². The average molecular weight is 308 g/mol. The molecule has 0 atom stereocenters. The third-order valence-electron chi connectivity index (χ3n) is 4.09. The fourth-order valence-electron chi connectivity index (χ4n) is 2.52. The monoisotopic (exact) mass is 308 g/mol. The van der Waals surface area contributed by atoms with Crippen molar-refractivity contribution in [3.8, 4) is 5.75 Å². The molecule has 0 aliphatic rings. The number of benzene rings is 2. The molecule has 0 saturated heterocycles. The van der Waals surface area contributed by atoms with Gasteiger partial charge in [0, 0.05) is 5.41 Å².